The van der Waals surface area contributed by atoms with Crippen LogP contribution in [0, 0.1) is 0 Å². The number of nitrogens with zero attached hydrogens (tertiary/aromatic N) is 6. The van der Waals surface area contributed by atoms with Gasteiger partial charge in [-0.15, -0.1) is 0 Å². The summed E-state index contributed by atoms with van der Waals surface area (Å²) in [5.41, 5.74) is 1.24. The number of aryl methyl sites for hydroxylation is 1. The van der Waals surface area contributed by atoms with Crippen molar-refractivity contribution in [3.63, 3.8) is 0 Å². The van der Waals surface area contributed by atoms with E-state index in [-0.39, 0.29) is 5.91 Å². The van der Waals surface area contributed by atoms with E-state index in [1.807, 2.05) is 30.9 Å². The van der Waals surface area contributed by atoms with Crippen LogP contribution < -0.4 is 4.90 Å². The second-order valence-electron chi connectivity index (χ2n) is 4.98. The number of imidazole rings is 2. The maximum Gasteiger partial charge on any atom is 0.276 e. The molecule has 0 fully saturated rings. The van der Waals surface area contributed by atoms with E-state index in [0.717, 1.165) is 10.8 Å². The van der Waals surface area contributed by atoms with E-state index in [1.54, 1.807) is 47.4 Å². The molecule has 3 aromatic heterocycles. The average molecular weight is 328 g/mol. The summed E-state index contributed by atoms with van der Waals surface area (Å²) in [4.78, 5) is 26.8. The Balaban J connectivity index is 1.84. The van der Waals surface area contributed by atoms with Crippen molar-refractivity contribution in [2.75, 3.05) is 11.9 Å². The Kier molecular flexibility index (Phi) is 4.16. The predicted octanol–water partition coefficient (Wildman–Crippen LogP) is 1.98. The van der Waals surface area contributed by atoms with Crippen LogP contribution >= 0.6 is 11.8 Å². The van der Waals surface area contributed by atoms with Crippen LogP contribution in [-0.4, -0.2) is 37.0 Å². The van der Waals surface area contributed by atoms with Gasteiger partial charge in [-0.05, 0) is 23.9 Å². The quantitative estimate of drug-likeness (QED) is 0.732. The molecule has 8 heteroatoms. The number of aromatic nitrogens is 5. The molecule has 0 aliphatic carbocycles. The highest BCUT2D eigenvalue weighted by Crippen LogP contribution is 2.25. The zero-order chi connectivity index (χ0) is 16.4. The van der Waals surface area contributed by atoms with Crippen molar-refractivity contribution in [2.45, 2.75) is 10.3 Å². The number of amides is 1. The van der Waals surface area contributed by atoms with Crippen LogP contribution in [0.25, 0.3) is 0 Å². The molecule has 0 radical (unpaired) electrons. The molecule has 0 aliphatic heterocycles. The minimum atomic E-state index is -0.139. The predicted molar refractivity (Wildman–Crippen MR) is 87.5 cm³/mol. The molecule has 1 amide bonds. The van der Waals surface area contributed by atoms with Crippen LogP contribution in [0.1, 0.15) is 10.5 Å². The van der Waals surface area contributed by atoms with E-state index >= 15 is 0 Å². The number of carbonyl (C=O) groups excluding carboxylic acids is 1. The Morgan fingerprint density at radius 2 is 2.00 bits per heavy atom. The standard InChI is InChI=1S/C15H16N6OS/c1-19-8-7-17-14(19)23-15-18-10-12(21(15)3)13(22)20(2)11-5-4-6-16-9-11/h4-10H,1-3H3. The van der Waals surface area contributed by atoms with Crippen LogP contribution in [0.4, 0.5) is 5.69 Å². The van der Waals surface area contributed by atoms with Crippen LogP contribution in [0.3, 0.4) is 0 Å². The third kappa shape index (κ3) is 2.98. The fraction of sp³-hybridized carbons (Fsp3) is 0.200. The van der Waals surface area contributed by atoms with E-state index in [1.165, 1.54) is 11.8 Å². The molecule has 0 aliphatic rings. The highest BCUT2D eigenvalue weighted by atomic mass is 32.2. The smallest absolute Gasteiger partial charge is 0.276 e. The van der Waals surface area contributed by atoms with Gasteiger partial charge in [-0.1, -0.05) is 0 Å². The van der Waals surface area contributed by atoms with E-state index in [9.17, 15) is 4.79 Å². The number of pyridine rings is 1. The zero-order valence-electron chi connectivity index (χ0n) is 13.0. The summed E-state index contributed by atoms with van der Waals surface area (Å²) < 4.78 is 3.68. The molecule has 0 atom stereocenters. The van der Waals surface area contributed by atoms with Gasteiger partial charge >= 0.3 is 0 Å². The molecule has 3 rings (SSSR count). The molecule has 0 saturated heterocycles. The molecular formula is C15H16N6OS. The first kappa shape index (κ1) is 15.3. The van der Waals surface area contributed by atoms with Crippen LogP contribution in [0.15, 0.2) is 53.4 Å². The van der Waals surface area contributed by atoms with Gasteiger partial charge in [0.25, 0.3) is 5.91 Å². The summed E-state index contributed by atoms with van der Waals surface area (Å²) in [5, 5.41) is 1.53. The summed E-state index contributed by atoms with van der Waals surface area (Å²) in [7, 11) is 5.46. The first-order valence-corrected chi connectivity index (χ1v) is 7.74. The molecule has 118 valence electrons. The van der Waals surface area contributed by atoms with Gasteiger partial charge < -0.3 is 14.0 Å². The lowest BCUT2D eigenvalue weighted by Crippen LogP contribution is -2.28. The molecule has 0 spiro atoms. The van der Waals surface area contributed by atoms with Crippen molar-refractivity contribution in [1.82, 2.24) is 24.1 Å². The number of anilines is 1. The summed E-state index contributed by atoms with van der Waals surface area (Å²) in [5.74, 6) is -0.139. The summed E-state index contributed by atoms with van der Waals surface area (Å²) in [6, 6.07) is 3.63. The third-order valence-corrected chi connectivity index (χ3v) is 4.60. The molecular weight excluding hydrogens is 312 g/mol. The lowest BCUT2D eigenvalue weighted by molar-refractivity contribution is 0.0984. The Morgan fingerprint density at radius 1 is 1.17 bits per heavy atom. The topological polar surface area (TPSA) is 68.8 Å². The fourth-order valence-corrected chi connectivity index (χ4v) is 2.88. The van der Waals surface area contributed by atoms with Gasteiger partial charge in [0.2, 0.25) is 0 Å². The van der Waals surface area contributed by atoms with Gasteiger partial charge in [0.15, 0.2) is 10.3 Å². The summed E-state index contributed by atoms with van der Waals surface area (Å²) >= 11 is 1.41. The molecule has 0 unspecified atom stereocenters. The zero-order valence-corrected chi connectivity index (χ0v) is 13.9. The van der Waals surface area contributed by atoms with E-state index < -0.39 is 0 Å². The normalized spacial score (nSPS) is 10.7. The van der Waals surface area contributed by atoms with E-state index in [2.05, 4.69) is 15.0 Å². The highest BCUT2D eigenvalue weighted by molar-refractivity contribution is 7.99. The Morgan fingerprint density at radius 3 is 2.65 bits per heavy atom. The fourth-order valence-electron chi connectivity index (χ4n) is 2.06. The Hall–Kier alpha value is -2.61. The molecule has 7 nitrogen and oxygen atoms in total. The first-order chi connectivity index (χ1) is 11.1. The van der Waals surface area contributed by atoms with Crippen LogP contribution in [0.2, 0.25) is 0 Å². The molecule has 0 N–H and O–H groups in total. The number of carbonyl (C=O) groups is 1. The highest BCUT2D eigenvalue weighted by Gasteiger charge is 2.20. The molecule has 0 bridgehead atoms. The first-order valence-electron chi connectivity index (χ1n) is 6.93. The van der Waals surface area contributed by atoms with Crippen LogP contribution in [-0.2, 0) is 14.1 Å². The maximum absolute atomic E-state index is 12.7. The van der Waals surface area contributed by atoms with Crippen molar-refractivity contribution >= 4 is 23.4 Å². The van der Waals surface area contributed by atoms with Crippen molar-refractivity contribution in [2.24, 2.45) is 14.1 Å². The van der Waals surface area contributed by atoms with E-state index in [4.69, 9.17) is 0 Å². The van der Waals surface area contributed by atoms with Crippen LogP contribution in [0.5, 0.6) is 0 Å². The monoisotopic (exact) mass is 328 g/mol. The summed E-state index contributed by atoms with van der Waals surface area (Å²) in [6.07, 6.45) is 8.51. The average Bonchev–Trinajstić information content (AvgIpc) is 3.14. The number of hydrogen-bond donors (Lipinski definition) is 0. The van der Waals surface area contributed by atoms with E-state index in [0.29, 0.717) is 10.9 Å². The van der Waals surface area contributed by atoms with Gasteiger partial charge in [-0.3, -0.25) is 9.78 Å². The molecule has 0 saturated carbocycles. The van der Waals surface area contributed by atoms with Crippen molar-refractivity contribution in [3.8, 4) is 0 Å². The SMILES string of the molecule is CN(C(=O)c1cnc(Sc2nccn2C)n1C)c1cccnc1. The Bertz CT molecular complexity index is 826. The van der Waals surface area contributed by atoms with Gasteiger partial charge in [0.1, 0.15) is 5.69 Å². The van der Waals surface area contributed by atoms with Gasteiger partial charge in [0, 0.05) is 39.7 Å². The number of hydrogen-bond acceptors (Lipinski definition) is 5. The van der Waals surface area contributed by atoms with Gasteiger partial charge in [-0.25, -0.2) is 9.97 Å². The van der Waals surface area contributed by atoms with Gasteiger partial charge in [-0.2, -0.15) is 0 Å². The van der Waals surface area contributed by atoms with Crippen molar-refractivity contribution in [3.05, 3.63) is 48.8 Å². The molecule has 0 aromatic carbocycles. The van der Waals surface area contributed by atoms with Gasteiger partial charge in [0.05, 0.1) is 18.1 Å². The Labute approximate surface area is 138 Å². The lowest BCUT2D eigenvalue weighted by Gasteiger charge is -2.16. The number of rotatable bonds is 4. The second kappa shape index (κ2) is 6.25. The lowest BCUT2D eigenvalue weighted by atomic mass is 10.3. The molecule has 3 aromatic rings. The van der Waals surface area contributed by atoms with Crippen molar-refractivity contribution in [1.29, 1.82) is 0 Å². The van der Waals surface area contributed by atoms with Crippen molar-refractivity contribution < 1.29 is 4.79 Å². The second-order valence-corrected chi connectivity index (χ2v) is 5.92. The maximum atomic E-state index is 12.7. The molecule has 23 heavy (non-hydrogen) atoms. The minimum Gasteiger partial charge on any atom is -0.329 e. The third-order valence-electron chi connectivity index (χ3n) is 3.46. The molecule has 3 heterocycles. The summed E-state index contributed by atoms with van der Waals surface area (Å²) in [6.45, 7) is 0. The largest absolute Gasteiger partial charge is 0.329 e. The minimum absolute atomic E-state index is 0.139.